The number of amides is 1. The zero-order valence-corrected chi connectivity index (χ0v) is 10.4. The summed E-state index contributed by atoms with van der Waals surface area (Å²) in [4.78, 5) is 17.9. The molecule has 0 N–H and O–H groups in total. The van der Waals surface area contributed by atoms with E-state index in [0.717, 1.165) is 17.3 Å². The Morgan fingerprint density at radius 3 is 2.67 bits per heavy atom. The van der Waals surface area contributed by atoms with Crippen molar-refractivity contribution in [3.63, 3.8) is 0 Å². The molecule has 0 spiro atoms. The minimum atomic E-state index is 0.00231. The molecule has 0 atom stereocenters. The van der Waals surface area contributed by atoms with Crippen molar-refractivity contribution in [1.82, 2.24) is 9.88 Å². The van der Waals surface area contributed by atoms with Crippen LogP contribution < -0.4 is 0 Å². The first-order valence-electron chi connectivity index (χ1n) is 4.93. The molecule has 1 heterocycles. The highest BCUT2D eigenvalue weighted by Gasteiger charge is 2.44. The van der Waals surface area contributed by atoms with E-state index in [9.17, 15) is 4.79 Å². The topological polar surface area (TPSA) is 33.2 Å². The molecule has 15 heavy (non-hydrogen) atoms. The van der Waals surface area contributed by atoms with Crippen molar-refractivity contribution in [1.29, 1.82) is 0 Å². The first kappa shape index (κ1) is 10.6. The maximum Gasteiger partial charge on any atom is 0.272 e. The quantitative estimate of drug-likeness (QED) is 0.826. The third kappa shape index (κ3) is 2.04. The summed E-state index contributed by atoms with van der Waals surface area (Å²) >= 11 is 3.30. The van der Waals surface area contributed by atoms with Gasteiger partial charge in [-0.2, -0.15) is 0 Å². The molecular formula is C11H13BrN2O. The first-order valence-corrected chi connectivity index (χ1v) is 5.72. The molecule has 2 rings (SSSR count). The third-order valence-corrected chi connectivity index (χ3v) is 3.50. The van der Waals surface area contributed by atoms with Crippen LogP contribution in [-0.2, 0) is 0 Å². The summed E-state index contributed by atoms with van der Waals surface area (Å²) in [6.45, 7) is 2.10. The minimum Gasteiger partial charge on any atom is -0.335 e. The Hall–Kier alpha value is -0.900. The van der Waals surface area contributed by atoms with Crippen LogP contribution in [0.4, 0.5) is 0 Å². The van der Waals surface area contributed by atoms with Crippen LogP contribution in [0.5, 0.6) is 0 Å². The van der Waals surface area contributed by atoms with Crippen LogP contribution in [0.1, 0.15) is 30.3 Å². The van der Waals surface area contributed by atoms with E-state index in [1.807, 2.05) is 13.1 Å². The second-order valence-electron chi connectivity index (χ2n) is 4.22. The SMILES string of the molecule is CN(C(=O)c1ccc(Br)cn1)C1(C)CC1. The average Bonchev–Trinajstić information content (AvgIpc) is 2.97. The minimum absolute atomic E-state index is 0.00231. The predicted molar refractivity (Wildman–Crippen MR) is 61.7 cm³/mol. The van der Waals surface area contributed by atoms with E-state index < -0.39 is 0 Å². The lowest BCUT2D eigenvalue weighted by Crippen LogP contribution is -2.37. The molecular weight excluding hydrogens is 256 g/mol. The van der Waals surface area contributed by atoms with Gasteiger partial charge in [0.05, 0.1) is 0 Å². The van der Waals surface area contributed by atoms with Gasteiger partial charge >= 0.3 is 0 Å². The second-order valence-corrected chi connectivity index (χ2v) is 5.14. The molecule has 1 saturated carbocycles. The van der Waals surface area contributed by atoms with Gasteiger partial charge in [0.25, 0.3) is 5.91 Å². The van der Waals surface area contributed by atoms with E-state index in [1.54, 1.807) is 17.2 Å². The van der Waals surface area contributed by atoms with Crippen LogP contribution in [0, 0.1) is 0 Å². The fraction of sp³-hybridized carbons (Fsp3) is 0.455. The highest BCUT2D eigenvalue weighted by molar-refractivity contribution is 9.10. The Morgan fingerprint density at radius 1 is 1.53 bits per heavy atom. The van der Waals surface area contributed by atoms with Crippen molar-refractivity contribution >= 4 is 21.8 Å². The summed E-state index contributed by atoms with van der Waals surface area (Å²) < 4.78 is 0.888. The van der Waals surface area contributed by atoms with Gasteiger partial charge in [0, 0.05) is 23.3 Å². The number of pyridine rings is 1. The fourth-order valence-corrected chi connectivity index (χ4v) is 1.67. The summed E-state index contributed by atoms with van der Waals surface area (Å²) in [5, 5.41) is 0. The van der Waals surface area contributed by atoms with Gasteiger partial charge in [0.2, 0.25) is 0 Å². The van der Waals surface area contributed by atoms with Gasteiger partial charge in [0.1, 0.15) is 5.69 Å². The molecule has 3 nitrogen and oxygen atoms in total. The lowest BCUT2D eigenvalue weighted by molar-refractivity contribution is 0.0718. The molecule has 1 fully saturated rings. The number of aromatic nitrogens is 1. The normalized spacial score (nSPS) is 17.3. The molecule has 0 unspecified atom stereocenters. The van der Waals surface area contributed by atoms with E-state index in [4.69, 9.17) is 0 Å². The van der Waals surface area contributed by atoms with Crippen LogP contribution in [-0.4, -0.2) is 28.4 Å². The second kappa shape index (κ2) is 3.59. The smallest absolute Gasteiger partial charge is 0.272 e. The Balaban J connectivity index is 2.17. The summed E-state index contributed by atoms with van der Waals surface area (Å²) in [5.41, 5.74) is 0.570. The number of hydrogen-bond acceptors (Lipinski definition) is 2. The molecule has 0 aromatic carbocycles. The van der Waals surface area contributed by atoms with Gasteiger partial charge in [0.15, 0.2) is 0 Å². The highest BCUT2D eigenvalue weighted by atomic mass is 79.9. The molecule has 0 bridgehead atoms. The lowest BCUT2D eigenvalue weighted by atomic mass is 10.2. The van der Waals surface area contributed by atoms with Crippen molar-refractivity contribution in [2.45, 2.75) is 25.3 Å². The zero-order valence-electron chi connectivity index (χ0n) is 8.83. The number of hydrogen-bond donors (Lipinski definition) is 0. The largest absolute Gasteiger partial charge is 0.335 e. The Bertz CT molecular complexity index is 384. The monoisotopic (exact) mass is 268 g/mol. The van der Waals surface area contributed by atoms with E-state index in [0.29, 0.717) is 5.69 Å². The molecule has 0 aliphatic heterocycles. The molecule has 80 valence electrons. The molecule has 1 aliphatic rings. The number of carbonyl (C=O) groups is 1. The van der Waals surface area contributed by atoms with Crippen molar-refractivity contribution in [3.05, 3.63) is 28.5 Å². The predicted octanol–water partition coefficient (Wildman–Crippen LogP) is 2.47. The number of rotatable bonds is 2. The fourth-order valence-electron chi connectivity index (χ4n) is 1.44. The van der Waals surface area contributed by atoms with Gasteiger partial charge in [-0.15, -0.1) is 0 Å². The van der Waals surface area contributed by atoms with Crippen LogP contribution in [0.3, 0.4) is 0 Å². The van der Waals surface area contributed by atoms with Gasteiger partial charge in [-0.25, -0.2) is 4.98 Å². The maximum absolute atomic E-state index is 12.0. The van der Waals surface area contributed by atoms with Crippen molar-refractivity contribution in [2.75, 3.05) is 7.05 Å². The number of carbonyl (C=O) groups excluding carboxylic acids is 1. The Morgan fingerprint density at radius 2 is 2.20 bits per heavy atom. The number of nitrogens with zero attached hydrogens (tertiary/aromatic N) is 2. The summed E-state index contributed by atoms with van der Waals surface area (Å²) in [7, 11) is 1.85. The van der Waals surface area contributed by atoms with Crippen molar-refractivity contribution < 1.29 is 4.79 Å². The van der Waals surface area contributed by atoms with E-state index in [-0.39, 0.29) is 11.4 Å². The Kier molecular flexibility index (Phi) is 2.54. The number of halogens is 1. The molecule has 1 aromatic heterocycles. The lowest BCUT2D eigenvalue weighted by Gasteiger charge is -2.23. The van der Waals surface area contributed by atoms with Gasteiger partial charge in [-0.1, -0.05) is 0 Å². The maximum atomic E-state index is 12.0. The van der Waals surface area contributed by atoms with Gasteiger partial charge < -0.3 is 4.90 Å². The molecule has 1 amide bonds. The van der Waals surface area contributed by atoms with Crippen molar-refractivity contribution in [2.24, 2.45) is 0 Å². The van der Waals surface area contributed by atoms with Crippen LogP contribution >= 0.6 is 15.9 Å². The molecule has 1 aliphatic carbocycles. The summed E-state index contributed by atoms with van der Waals surface area (Å²) in [5.74, 6) is 0.00231. The van der Waals surface area contributed by atoms with Crippen molar-refractivity contribution in [3.8, 4) is 0 Å². The van der Waals surface area contributed by atoms with E-state index >= 15 is 0 Å². The first-order chi connectivity index (χ1) is 7.03. The zero-order chi connectivity index (χ0) is 11.1. The van der Waals surface area contributed by atoms with Gasteiger partial charge in [-0.05, 0) is 47.8 Å². The molecule has 0 saturated heterocycles. The van der Waals surface area contributed by atoms with E-state index in [2.05, 4.69) is 27.8 Å². The molecule has 4 heteroatoms. The van der Waals surface area contributed by atoms with Crippen LogP contribution in [0.2, 0.25) is 0 Å². The van der Waals surface area contributed by atoms with Crippen LogP contribution in [0.15, 0.2) is 22.8 Å². The van der Waals surface area contributed by atoms with Crippen LogP contribution in [0.25, 0.3) is 0 Å². The average molecular weight is 269 g/mol. The third-order valence-electron chi connectivity index (χ3n) is 3.03. The summed E-state index contributed by atoms with van der Waals surface area (Å²) in [6, 6.07) is 3.58. The molecule has 1 aromatic rings. The highest BCUT2D eigenvalue weighted by Crippen LogP contribution is 2.40. The van der Waals surface area contributed by atoms with Gasteiger partial charge in [-0.3, -0.25) is 4.79 Å². The Labute approximate surface area is 97.6 Å². The van der Waals surface area contributed by atoms with E-state index in [1.165, 1.54) is 0 Å². The standard InChI is InChI=1S/C11H13BrN2O/c1-11(5-6-11)14(2)10(15)9-4-3-8(12)7-13-9/h3-4,7H,5-6H2,1-2H3. The molecule has 0 radical (unpaired) electrons. The summed E-state index contributed by atoms with van der Waals surface area (Å²) in [6.07, 6.45) is 3.83.